The second kappa shape index (κ2) is 4.57. The highest BCUT2D eigenvalue weighted by Gasteiger charge is 2.03. The first-order chi connectivity index (χ1) is 9.22. The van der Waals surface area contributed by atoms with Gasteiger partial charge in [-0.15, -0.1) is 0 Å². The summed E-state index contributed by atoms with van der Waals surface area (Å²) in [5.74, 6) is -0.360. The topological polar surface area (TPSA) is 50.9 Å². The zero-order valence-corrected chi connectivity index (χ0v) is 10.1. The van der Waals surface area contributed by atoms with Crippen LogP contribution in [0.1, 0.15) is 0 Å². The third kappa shape index (κ3) is 2.33. The van der Waals surface area contributed by atoms with Crippen LogP contribution < -0.4 is 11.1 Å². The molecule has 0 aliphatic heterocycles. The van der Waals surface area contributed by atoms with E-state index in [4.69, 9.17) is 5.73 Å². The largest absolute Gasteiger partial charge is 0.399 e. The molecular formula is C15H12FN3. The number of hydrogen-bond acceptors (Lipinski definition) is 3. The van der Waals surface area contributed by atoms with Crippen LogP contribution in [0.4, 0.5) is 21.5 Å². The number of hydrogen-bond donors (Lipinski definition) is 2. The van der Waals surface area contributed by atoms with Gasteiger partial charge >= 0.3 is 0 Å². The van der Waals surface area contributed by atoms with E-state index in [1.165, 1.54) is 12.1 Å². The van der Waals surface area contributed by atoms with E-state index in [-0.39, 0.29) is 5.82 Å². The first kappa shape index (κ1) is 11.5. The Balaban J connectivity index is 2.05. The SMILES string of the molecule is Nc1cc(F)cc(Nc2cccc3ncccc23)c1. The van der Waals surface area contributed by atoms with Gasteiger partial charge in [-0.3, -0.25) is 4.98 Å². The minimum absolute atomic E-state index is 0.360. The number of anilines is 3. The minimum Gasteiger partial charge on any atom is -0.399 e. The summed E-state index contributed by atoms with van der Waals surface area (Å²) in [6, 6.07) is 14.0. The van der Waals surface area contributed by atoms with Crippen molar-refractivity contribution in [2.24, 2.45) is 0 Å². The summed E-state index contributed by atoms with van der Waals surface area (Å²) in [4.78, 5) is 4.28. The first-order valence-corrected chi connectivity index (χ1v) is 5.89. The standard InChI is InChI=1S/C15H12FN3/c16-10-7-11(17)9-12(8-10)19-15-5-1-4-14-13(15)3-2-6-18-14/h1-9,19H,17H2. The van der Waals surface area contributed by atoms with Gasteiger partial charge in [0.1, 0.15) is 5.82 Å². The summed E-state index contributed by atoms with van der Waals surface area (Å²) in [5, 5.41) is 4.15. The molecule has 0 saturated carbocycles. The van der Waals surface area contributed by atoms with Gasteiger partial charge in [-0.05, 0) is 42.5 Å². The van der Waals surface area contributed by atoms with Gasteiger partial charge in [0.15, 0.2) is 0 Å². The Morgan fingerprint density at radius 1 is 1.05 bits per heavy atom. The van der Waals surface area contributed by atoms with Crippen LogP contribution >= 0.6 is 0 Å². The van der Waals surface area contributed by atoms with Gasteiger partial charge in [-0.1, -0.05) is 6.07 Å². The van der Waals surface area contributed by atoms with Gasteiger partial charge < -0.3 is 11.1 Å². The molecule has 19 heavy (non-hydrogen) atoms. The van der Waals surface area contributed by atoms with Crippen molar-refractivity contribution in [1.82, 2.24) is 4.98 Å². The Labute approximate surface area is 109 Å². The normalized spacial score (nSPS) is 10.6. The summed E-state index contributed by atoms with van der Waals surface area (Å²) in [5.41, 5.74) is 8.40. The van der Waals surface area contributed by atoms with Crippen molar-refractivity contribution in [1.29, 1.82) is 0 Å². The van der Waals surface area contributed by atoms with Gasteiger partial charge in [0.25, 0.3) is 0 Å². The molecule has 0 saturated heterocycles. The molecule has 3 rings (SSSR count). The second-order valence-corrected chi connectivity index (χ2v) is 4.27. The summed E-state index contributed by atoms with van der Waals surface area (Å²) in [7, 11) is 0. The number of nitrogens with one attached hydrogen (secondary N) is 1. The molecule has 3 aromatic rings. The number of nitrogen functional groups attached to an aromatic ring is 1. The lowest BCUT2D eigenvalue weighted by Gasteiger charge is -2.10. The van der Waals surface area contributed by atoms with Gasteiger partial charge in [-0.25, -0.2) is 4.39 Å². The average molecular weight is 253 g/mol. The van der Waals surface area contributed by atoms with E-state index in [1.54, 1.807) is 12.3 Å². The Kier molecular flexibility index (Phi) is 2.76. The maximum absolute atomic E-state index is 13.3. The van der Waals surface area contributed by atoms with E-state index in [0.29, 0.717) is 11.4 Å². The van der Waals surface area contributed by atoms with E-state index in [0.717, 1.165) is 16.6 Å². The summed E-state index contributed by atoms with van der Waals surface area (Å²) in [6.45, 7) is 0. The quantitative estimate of drug-likeness (QED) is 0.685. The molecule has 0 fully saturated rings. The molecular weight excluding hydrogens is 241 g/mol. The molecule has 0 radical (unpaired) electrons. The van der Waals surface area contributed by atoms with Crippen LogP contribution in [-0.4, -0.2) is 4.98 Å². The lowest BCUT2D eigenvalue weighted by Crippen LogP contribution is -1.95. The number of benzene rings is 2. The lowest BCUT2D eigenvalue weighted by atomic mass is 10.1. The predicted molar refractivity (Wildman–Crippen MR) is 75.8 cm³/mol. The van der Waals surface area contributed by atoms with Crippen molar-refractivity contribution in [3.05, 3.63) is 60.5 Å². The van der Waals surface area contributed by atoms with E-state index in [9.17, 15) is 4.39 Å². The van der Waals surface area contributed by atoms with Gasteiger partial charge in [-0.2, -0.15) is 0 Å². The Morgan fingerprint density at radius 3 is 2.79 bits per heavy atom. The second-order valence-electron chi connectivity index (χ2n) is 4.27. The Morgan fingerprint density at radius 2 is 1.95 bits per heavy atom. The number of pyridine rings is 1. The van der Waals surface area contributed by atoms with Crippen molar-refractivity contribution < 1.29 is 4.39 Å². The molecule has 4 heteroatoms. The zero-order valence-electron chi connectivity index (χ0n) is 10.1. The minimum atomic E-state index is -0.360. The summed E-state index contributed by atoms with van der Waals surface area (Å²) in [6.07, 6.45) is 1.74. The maximum Gasteiger partial charge on any atom is 0.127 e. The van der Waals surface area contributed by atoms with E-state index >= 15 is 0 Å². The third-order valence-electron chi connectivity index (χ3n) is 2.84. The van der Waals surface area contributed by atoms with Crippen LogP contribution in [-0.2, 0) is 0 Å². The smallest absolute Gasteiger partial charge is 0.127 e. The van der Waals surface area contributed by atoms with Crippen molar-refractivity contribution in [2.75, 3.05) is 11.1 Å². The number of rotatable bonds is 2. The molecule has 2 aromatic carbocycles. The molecule has 0 aliphatic rings. The fourth-order valence-corrected chi connectivity index (χ4v) is 2.05. The molecule has 0 unspecified atom stereocenters. The molecule has 3 N–H and O–H groups in total. The van der Waals surface area contributed by atoms with Crippen LogP contribution in [0.3, 0.4) is 0 Å². The van der Waals surface area contributed by atoms with Crippen LogP contribution in [0.25, 0.3) is 10.9 Å². The monoisotopic (exact) mass is 253 g/mol. The average Bonchev–Trinajstić information content (AvgIpc) is 2.38. The van der Waals surface area contributed by atoms with Crippen molar-refractivity contribution >= 4 is 28.0 Å². The number of nitrogens with two attached hydrogens (primary N) is 1. The number of fused-ring (bicyclic) bond motifs is 1. The zero-order chi connectivity index (χ0) is 13.2. The fraction of sp³-hybridized carbons (Fsp3) is 0. The van der Waals surface area contributed by atoms with Crippen molar-refractivity contribution in [3.63, 3.8) is 0 Å². The molecule has 1 heterocycles. The molecule has 0 amide bonds. The highest BCUT2D eigenvalue weighted by atomic mass is 19.1. The summed E-state index contributed by atoms with van der Waals surface area (Å²) < 4.78 is 13.3. The van der Waals surface area contributed by atoms with Gasteiger partial charge in [0, 0.05) is 28.6 Å². The molecule has 0 spiro atoms. The number of nitrogens with zero attached hydrogens (tertiary/aromatic N) is 1. The lowest BCUT2D eigenvalue weighted by molar-refractivity contribution is 0.629. The molecule has 94 valence electrons. The first-order valence-electron chi connectivity index (χ1n) is 5.89. The van der Waals surface area contributed by atoms with Gasteiger partial charge in [0.05, 0.1) is 5.52 Å². The Hall–Kier alpha value is -2.62. The fourth-order valence-electron chi connectivity index (χ4n) is 2.05. The van der Waals surface area contributed by atoms with Gasteiger partial charge in [0.2, 0.25) is 0 Å². The van der Waals surface area contributed by atoms with Crippen LogP contribution in [0.5, 0.6) is 0 Å². The molecule has 0 bridgehead atoms. The highest BCUT2D eigenvalue weighted by Crippen LogP contribution is 2.26. The predicted octanol–water partition coefficient (Wildman–Crippen LogP) is 3.70. The molecule has 1 aromatic heterocycles. The molecule has 0 aliphatic carbocycles. The molecule has 3 nitrogen and oxygen atoms in total. The van der Waals surface area contributed by atoms with Crippen molar-refractivity contribution in [3.8, 4) is 0 Å². The van der Waals surface area contributed by atoms with E-state index in [2.05, 4.69) is 10.3 Å². The summed E-state index contributed by atoms with van der Waals surface area (Å²) >= 11 is 0. The molecule has 0 atom stereocenters. The van der Waals surface area contributed by atoms with Crippen LogP contribution in [0, 0.1) is 5.82 Å². The maximum atomic E-state index is 13.3. The van der Waals surface area contributed by atoms with Crippen LogP contribution in [0.2, 0.25) is 0 Å². The number of halogens is 1. The van der Waals surface area contributed by atoms with Crippen LogP contribution in [0.15, 0.2) is 54.7 Å². The van der Waals surface area contributed by atoms with Crippen molar-refractivity contribution in [2.45, 2.75) is 0 Å². The Bertz CT molecular complexity index is 715. The van der Waals surface area contributed by atoms with E-state index < -0.39 is 0 Å². The number of aromatic nitrogens is 1. The third-order valence-corrected chi connectivity index (χ3v) is 2.84. The highest BCUT2D eigenvalue weighted by molar-refractivity contribution is 5.93. The van der Waals surface area contributed by atoms with E-state index in [1.807, 2.05) is 30.3 Å².